The lowest BCUT2D eigenvalue weighted by Crippen LogP contribution is -2.31. The van der Waals surface area contributed by atoms with Gasteiger partial charge in [0.25, 0.3) is 0 Å². The normalized spacial score (nSPS) is 11.6. The van der Waals surface area contributed by atoms with E-state index >= 15 is 0 Å². The number of hydrogen-bond donors (Lipinski definition) is 0. The van der Waals surface area contributed by atoms with Gasteiger partial charge in [-0.3, -0.25) is 0 Å². The fourth-order valence-corrected chi connectivity index (χ4v) is 1.19. The Morgan fingerprint density at radius 2 is 1.25 bits per heavy atom. The zero-order valence-corrected chi connectivity index (χ0v) is 14.6. The van der Waals surface area contributed by atoms with Gasteiger partial charge in [0, 0.05) is 6.08 Å². The Kier molecular flexibility index (Phi) is 11.1. The standard InChI is InChI=1S/C16H26O8/c1-6-14(17)20-9-13(24-16(19)22-8-12(4)5)10-23-15(18)21-7-11(2)3/h6,11-13H,1,7-10H2,2-5H3. The molecular weight excluding hydrogens is 320 g/mol. The fraction of sp³-hybridized carbons (Fsp3) is 0.688. The minimum Gasteiger partial charge on any atom is -0.458 e. The number of hydrogen-bond acceptors (Lipinski definition) is 8. The molecule has 138 valence electrons. The SMILES string of the molecule is C=CC(=O)OCC(COC(=O)OCC(C)C)OC(=O)OCC(C)C. The van der Waals surface area contributed by atoms with Crippen LogP contribution in [0.2, 0.25) is 0 Å². The van der Waals surface area contributed by atoms with Gasteiger partial charge in [-0.25, -0.2) is 14.4 Å². The largest absolute Gasteiger partial charge is 0.508 e. The zero-order chi connectivity index (χ0) is 18.5. The molecular formula is C16H26O8. The van der Waals surface area contributed by atoms with Gasteiger partial charge in [-0.15, -0.1) is 0 Å². The predicted molar refractivity (Wildman–Crippen MR) is 84.4 cm³/mol. The molecule has 0 N–H and O–H groups in total. The Hall–Kier alpha value is -2.25. The molecule has 0 aromatic carbocycles. The highest BCUT2D eigenvalue weighted by molar-refractivity contribution is 5.81. The first-order chi connectivity index (χ1) is 11.2. The lowest BCUT2D eigenvalue weighted by Gasteiger charge is -2.18. The third-order valence-corrected chi connectivity index (χ3v) is 2.30. The minimum atomic E-state index is -1.01. The Labute approximate surface area is 142 Å². The molecule has 0 spiro atoms. The summed E-state index contributed by atoms with van der Waals surface area (Å²) in [5.74, 6) is -0.400. The number of carbonyl (C=O) groups excluding carboxylic acids is 3. The highest BCUT2D eigenvalue weighted by Crippen LogP contribution is 2.03. The van der Waals surface area contributed by atoms with Crippen molar-refractivity contribution in [3.8, 4) is 0 Å². The lowest BCUT2D eigenvalue weighted by atomic mass is 10.2. The van der Waals surface area contributed by atoms with Crippen LogP contribution in [0, 0.1) is 11.8 Å². The van der Waals surface area contributed by atoms with Gasteiger partial charge in [-0.2, -0.15) is 0 Å². The van der Waals surface area contributed by atoms with Crippen molar-refractivity contribution in [1.82, 2.24) is 0 Å². The molecule has 0 heterocycles. The van der Waals surface area contributed by atoms with Crippen molar-refractivity contribution in [1.29, 1.82) is 0 Å². The van der Waals surface area contributed by atoms with E-state index in [9.17, 15) is 14.4 Å². The van der Waals surface area contributed by atoms with Crippen LogP contribution in [-0.2, 0) is 28.5 Å². The Morgan fingerprint density at radius 1 is 0.792 bits per heavy atom. The summed E-state index contributed by atoms with van der Waals surface area (Å²) in [4.78, 5) is 34.1. The summed E-state index contributed by atoms with van der Waals surface area (Å²) >= 11 is 0. The quantitative estimate of drug-likeness (QED) is 0.338. The number of carbonyl (C=O) groups is 3. The van der Waals surface area contributed by atoms with Gasteiger partial charge < -0.3 is 23.7 Å². The molecule has 0 aromatic rings. The van der Waals surface area contributed by atoms with Gasteiger partial charge in [-0.05, 0) is 11.8 Å². The molecule has 1 unspecified atom stereocenters. The van der Waals surface area contributed by atoms with Crippen LogP contribution in [0.1, 0.15) is 27.7 Å². The minimum absolute atomic E-state index is 0.136. The number of rotatable bonds is 10. The summed E-state index contributed by atoms with van der Waals surface area (Å²) in [5, 5.41) is 0. The van der Waals surface area contributed by atoms with E-state index in [1.165, 1.54) is 0 Å². The van der Waals surface area contributed by atoms with Gasteiger partial charge in [-0.1, -0.05) is 34.3 Å². The van der Waals surface area contributed by atoms with Crippen molar-refractivity contribution >= 4 is 18.3 Å². The molecule has 0 saturated heterocycles. The van der Waals surface area contributed by atoms with E-state index < -0.39 is 24.4 Å². The Morgan fingerprint density at radius 3 is 1.75 bits per heavy atom. The van der Waals surface area contributed by atoms with E-state index in [4.69, 9.17) is 23.7 Å². The van der Waals surface area contributed by atoms with Gasteiger partial charge in [0.1, 0.15) is 13.2 Å². The van der Waals surface area contributed by atoms with Gasteiger partial charge in [0.05, 0.1) is 13.2 Å². The van der Waals surface area contributed by atoms with Crippen molar-refractivity contribution in [2.75, 3.05) is 26.4 Å². The number of esters is 1. The molecule has 0 amide bonds. The van der Waals surface area contributed by atoms with Crippen LogP contribution in [0.3, 0.4) is 0 Å². The molecule has 8 heteroatoms. The topological polar surface area (TPSA) is 97.4 Å². The average Bonchev–Trinajstić information content (AvgIpc) is 2.52. The molecule has 0 aromatic heterocycles. The second-order valence-electron chi connectivity index (χ2n) is 5.79. The fourth-order valence-electron chi connectivity index (χ4n) is 1.19. The van der Waals surface area contributed by atoms with E-state index in [0.717, 1.165) is 6.08 Å². The van der Waals surface area contributed by atoms with E-state index in [1.807, 2.05) is 27.7 Å². The van der Waals surface area contributed by atoms with E-state index in [-0.39, 0.29) is 38.3 Å². The second-order valence-corrected chi connectivity index (χ2v) is 5.79. The molecule has 0 rings (SSSR count). The second kappa shape index (κ2) is 12.2. The summed E-state index contributed by atoms with van der Waals surface area (Å²) in [6, 6.07) is 0. The summed E-state index contributed by atoms with van der Waals surface area (Å²) < 4.78 is 24.3. The van der Waals surface area contributed by atoms with Crippen molar-refractivity contribution < 1.29 is 38.1 Å². The molecule has 0 aliphatic rings. The van der Waals surface area contributed by atoms with Crippen molar-refractivity contribution in [3.63, 3.8) is 0 Å². The molecule has 1 atom stereocenters. The van der Waals surface area contributed by atoms with Crippen LogP contribution in [-0.4, -0.2) is 50.8 Å². The Bertz CT molecular complexity index is 416. The van der Waals surface area contributed by atoms with Crippen LogP contribution in [0.4, 0.5) is 9.59 Å². The summed E-state index contributed by atoms with van der Waals surface area (Å²) in [6.45, 7) is 10.5. The van der Waals surface area contributed by atoms with E-state index in [0.29, 0.717) is 0 Å². The third kappa shape index (κ3) is 12.3. The van der Waals surface area contributed by atoms with Crippen LogP contribution >= 0.6 is 0 Å². The van der Waals surface area contributed by atoms with Crippen molar-refractivity contribution in [3.05, 3.63) is 12.7 Å². The highest BCUT2D eigenvalue weighted by Gasteiger charge is 2.20. The van der Waals surface area contributed by atoms with Gasteiger partial charge >= 0.3 is 18.3 Å². The van der Waals surface area contributed by atoms with Crippen LogP contribution < -0.4 is 0 Å². The van der Waals surface area contributed by atoms with Crippen molar-refractivity contribution in [2.24, 2.45) is 11.8 Å². The third-order valence-electron chi connectivity index (χ3n) is 2.30. The van der Waals surface area contributed by atoms with Crippen molar-refractivity contribution in [2.45, 2.75) is 33.8 Å². The van der Waals surface area contributed by atoms with E-state index in [1.54, 1.807) is 0 Å². The molecule has 0 saturated carbocycles. The molecule has 0 fully saturated rings. The van der Waals surface area contributed by atoms with Gasteiger partial charge in [0.15, 0.2) is 6.10 Å². The molecule has 0 aliphatic carbocycles. The van der Waals surface area contributed by atoms with Crippen LogP contribution in [0.5, 0.6) is 0 Å². The molecule has 0 radical (unpaired) electrons. The monoisotopic (exact) mass is 346 g/mol. The summed E-state index contributed by atoms with van der Waals surface area (Å²) in [7, 11) is 0. The average molecular weight is 346 g/mol. The maximum Gasteiger partial charge on any atom is 0.508 e. The van der Waals surface area contributed by atoms with Gasteiger partial charge in [0.2, 0.25) is 0 Å². The first kappa shape index (κ1) is 21.8. The lowest BCUT2D eigenvalue weighted by molar-refractivity contribution is -0.142. The first-order valence-corrected chi connectivity index (χ1v) is 7.66. The Balaban J connectivity index is 4.40. The van der Waals surface area contributed by atoms with Crippen LogP contribution in [0.25, 0.3) is 0 Å². The molecule has 0 aliphatic heterocycles. The highest BCUT2D eigenvalue weighted by atomic mass is 16.8. The summed E-state index contributed by atoms with van der Waals surface area (Å²) in [6.07, 6.45) is -1.89. The maximum atomic E-state index is 11.6. The van der Waals surface area contributed by atoms with E-state index in [2.05, 4.69) is 6.58 Å². The summed E-state index contributed by atoms with van der Waals surface area (Å²) in [5.41, 5.74) is 0. The number of ether oxygens (including phenoxy) is 5. The molecule has 8 nitrogen and oxygen atoms in total. The molecule has 24 heavy (non-hydrogen) atoms. The zero-order valence-electron chi connectivity index (χ0n) is 14.6. The van der Waals surface area contributed by atoms with Crippen LogP contribution in [0.15, 0.2) is 12.7 Å². The predicted octanol–water partition coefficient (Wildman–Crippen LogP) is 2.70. The molecule has 0 bridgehead atoms. The first-order valence-electron chi connectivity index (χ1n) is 7.66. The maximum absolute atomic E-state index is 11.6. The smallest absolute Gasteiger partial charge is 0.458 e.